The summed E-state index contributed by atoms with van der Waals surface area (Å²) in [5.74, 6) is 1.61. The van der Waals surface area contributed by atoms with Gasteiger partial charge in [0.1, 0.15) is 11.2 Å². The minimum absolute atomic E-state index is 0.00947. The van der Waals surface area contributed by atoms with Crippen molar-refractivity contribution in [3.63, 3.8) is 0 Å². The van der Waals surface area contributed by atoms with Crippen molar-refractivity contribution >= 4 is 43.7 Å². The lowest BCUT2D eigenvalue weighted by Gasteiger charge is -2.26. The number of benzene rings is 7. The second kappa shape index (κ2) is 12.4. The van der Waals surface area contributed by atoms with Gasteiger partial charge in [-0.25, -0.2) is 15.0 Å². The van der Waals surface area contributed by atoms with Crippen molar-refractivity contribution in [3.05, 3.63) is 169 Å². The third-order valence-electron chi connectivity index (χ3n) is 10.8. The monoisotopic (exact) mass is 698 g/mol. The average Bonchev–Trinajstić information content (AvgIpc) is 3.80. The highest BCUT2D eigenvalue weighted by atomic mass is 16.3. The van der Waals surface area contributed by atoms with Crippen LogP contribution in [0.5, 0.6) is 0 Å². The first-order valence-electron chi connectivity index (χ1n) is 20.4. The maximum Gasteiger partial charge on any atom is 0.164 e. The van der Waals surface area contributed by atoms with E-state index in [0.717, 1.165) is 74.6 Å². The molecule has 0 N–H and O–H groups in total. The maximum atomic E-state index is 9.05. The van der Waals surface area contributed by atoms with Crippen LogP contribution in [0.2, 0.25) is 0 Å². The van der Waals surface area contributed by atoms with Gasteiger partial charge in [0.25, 0.3) is 0 Å². The molecule has 1 aliphatic carbocycles. The van der Waals surface area contributed by atoms with Crippen LogP contribution in [-0.2, 0) is 0 Å². The Bertz CT molecular complexity index is 3210. The lowest BCUT2D eigenvalue weighted by Crippen LogP contribution is -2.08. The molecule has 1 aliphatic rings. The van der Waals surface area contributed by atoms with Crippen molar-refractivity contribution in [2.24, 2.45) is 0 Å². The zero-order valence-electron chi connectivity index (χ0n) is 33.2. The normalized spacial score (nSPS) is 14.3. The molecule has 3 aromatic heterocycles. The molecule has 0 atom stereocenters. The predicted octanol–water partition coefficient (Wildman–Crippen LogP) is 12.8. The molecule has 0 aliphatic heterocycles. The summed E-state index contributed by atoms with van der Waals surface area (Å²) < 4.78 is 43.8. The van der Waals surface area contributed by atoms with E-state index in [-0.39, 0.29) is 30.1 Å². The molecule has 11 rings (SSSR count). The van der Waals surface area contributed by atoms with E-state index in [2.05, 4.69) is 71.3 Å². The summed E-state index contributed by atoms with van der Waals surface area (Å²) in [5, 5.41) is 4.26. The number of fused-ring (bicyclic) bond motifs is 6. The minimum atomic E-state index is -0.129. The summed E-state index contributed by atoms with van der Waals surface area (Å²) in [6.07, 6.45) is 2.87. The Morgan fingerprint density at radius 3 is 1.94 bits per heavy atom. The molecule has 0 bridgehead atoms. The number of furan rings is 1. The summed E-state index contributed by atoms with van der Waals surface area (Å²) in [5.41, 5.74) is 8.78. The van der Waals surface area contributed by atoms with Crippen LogP contribution in [0.4, 0.5) is 0 Å². The molecule has 10 aromatic rings. The number of para-hydroxylation sites is 2. The molecule has 256 valence electrons. The van der Waals surface area contributed by atoms with Crippen LogP contribution in [-0.4, -0.2) is 19.5 Å². The first-order chi connectivity index (χ1) is 28.4. The minimum Gasteiger partial charge on any atom is -0.456 e. The van der Waals surface area contributed by atoms with Crippen molar-refractivity contribution in [1.82, 2.24) is 19.5 Å². The highest BCUT2D eigenvalue weighted by molar-refractivity contribution is 6.13. The Morgan fingerprint density at radius 2 is 1.22 bits per heavy atom. The summed E-state index contributed by atoms with van der Waals surface area (Å²) in [7, 11) is 0. The zero-order chi connectivity index (χ0) is 39.1. The van der Waals surface area contributed by atoms with Crippen LogP contribution < -0.4 is 0 Å². The number of nitrogens with zero attached hydrogens (tertiary/aromatic N) is 4. The molecule has 0 amide bonds. The Morgan fingerprint density at radius 1 is 0.556 bits per heavy atom. The molecule has 7 aromatic carbocycles. The molecule has 0 unspecified atom stereocenters. The van der Waals surface area contributed by atoms with Crippen LogP contribution in [0.1, 0.15) is 36.2 Å². The molecule has 5 heteroatoms. The van der Waals surface area contributed by atoms with E-state index in [4.69, 9.17) is 24.9 Å². The average molecular weight is 699 g/mol. The molecular formula is C49H34N4O. The van der Waals surface area contributed by atoms with E-state index in [1.807, 2.05) is 72.8 Å². The van der Waals surface area contributed by atoms with Crippen molar-refractivity contribution in [1.29, 1.82) is 0 Å². The van der Waals surface area contributed by atoms with Gasteiger partial charge in [-0.15, -0.1) is 0 Å². The maximum absolute atomic E-state index is 9.05. The van der Waals surface area contributed by atoms with E-state index >= 15 is 0 Å². The Hall–Kier alpha value is -6.85. The second-order valence-electron chi connectivity index (χ2n) is 14.0. The van der Waals surface area contributed by atoms with E-state index in [1.54, 1.807) is 0 Å². The fourth-order valence-corrected chi connectivity index (χ4v) is 7.87. The highest BCUT2D eigenvalue weighted by Gasteiger charge is 2.21. The van der Waals surface area contributed by atoms with Gasteiger partial charge in [-0.1, -0.05) is 134 Å². The predicted molar refractivity (Wildman–Crippen MR) is 220 cm³/mol. The van der Waals surface area contributed by atoms with E-state index in [0.29, 0.717) is 34.2 Å². The first kappa shape index (κ1) is 26.9. The second-order valence-corrected chi connectivity index (χ2v) is 14.0. The van der Waals surface area contributed by atoms with Gasteiger partial charge in [0.05, 0.1) is 16.5 Å². The van der Waals surface area contributed by atoms with E-state index in [9.17, 15) is 0 Å². The molecule has 0 spiro atoms. The fourth-order valence-electron chi connectivity index (χ4n) is 7.87. The molecule has 1 fully saturated rings. The van der Waals surface area contributed by atoms with Crippen LogP contribution in [0.25, 0.3) is 94.7 Å². The Kier molecular flexibility index (Phi) is 6.16. The van der Waals surface area contributed by atoms with Gasteiger partial charge >= 0.3 is 0 Å². The Balaban J connectivity index is 1.04. The Labute approximate surface area is 317 Å². The quantitative estimate of drug-likeness (QED) is 0.173. The number of rotatable bonds is 6. The third kappa shape index (κ3) is 5.04. The summed E-state index contributed by atoms with van der Waals surface area (Å²) in [6, 6.07) is 46.6. The largest absolute Gasteiger partial charge is 0.456 e. The van der Waals surface area contributed by atoms with Crippen molar-refractivity contribution in [2.45, 2.75) is 25.2 Å². The smallest absolute Gasteiger partial charge is 0.164 e. The molecule has 3 heterocycles. The van der Waals surface area contributed by atoms with Crippen molar-refractivity contribution < 1.29 is 9.90 Å². The van der Waals surface area contributed by atoms with Gasteiger partial charge in [0.15, 0.2) is 17.5 Å². The number of hydrogen-bond donors (Lipinski definition) is 0. The van der Waals surface area contributed by atoms with Gasteiger partial charge in [0.2, 0.25) is 0 Å². The molecule has 54 heavy (non-hydrogen) atoms. The van der Waals surface area contributed by atoms with Gasteiger partial charge in [-0.3, -0.25) is 0 Å². The van der Waals surface area contributed by atoms with Gasteiger partial charge in [-0.2, -0.15) is 0 Å². The van der Waals surface area contributed by atoms with Gasteiger partial charge < -0.3 is 8.98 Å². The van der Waals surface area contributed by atoms with Gasteiger partial charge in [-0.05, 0) is 65.8 Å². The fraction of sp³-hybridized carbons (Fsp3) is 0.0816. The molecule has 1 saturated carbocycles. The summed E-state index contributed by atoms with van der Waals surface area (Å²) in [4.78, 5) is 15.1. The van der Waals surface area contributed by atoms with E-state index < -0.39 is 0 Å². The first-order valence-corrected chi connectivity index (χ1v) is 18.4. The molecule has 5 nitrogen and oxygen atoms in total. The lowest BCUT2D eigenvalue weighted by molar-refractivity contribution is 0.420. The molecular weight excluding hydrogens is 661 g/mol. The van der Waals surface area contributed by atoms with Crippen LogP contribution in [0.3, 0.4) is 0 Å². The standard InChI is InChI=1S/C49H34N4O/c1-2-11-33(12-3-1)47-50-48(34-25-23-32(24-26-34)36-16-9-15-35(29-36)31-13-8-14-31)52-49(51-47)41-19-10-22-44-46(41)40-28-27-37(30-45(40)54-44)53-42-20-6-4-17-38(42)39-18-5-7-21-43(39)53/h1-7,9-12,15-31H,8,13-14H2/i9D,15D,16D,29D. The number of hydrogen-bond acceptors (Lipinski definition) is 4. The summed E-state index contributed by atoms with van der Waals surface area (Å²) in [6.45, 7) is 0. The van der Waals surface area contributed by atoms with Crippen LogP contribution in [0.15, 0.2) is 168 Å². The number of aromatic nitrogens is 4. The highest BCUT2D eigenvalue weighted by Crippen LogP contribution is 2.40. The van der Waals surface area contributed by atoms with Crippen LogP contribution >= 0.6 is 0 Å². The topological polar surface area (TPSA) is 56.7 Å². The zero-order valence-corrected chi connectivity index (χ0v) is 29.2. The van der Waals surface area contributed by atoms with Gasteiger partial charge in [0, 0.05) is 50.0 Å². The van der Waals surface area contributed by atoms with Crippen molar-refractivity contribution in [3.8, 4) is 51.0 Å². The third-order valence-corrected chi connectivity index (χ3v) is 10.8. The van der Waals surface area contributed by atoms with Crippen molar-refractivity contribution in [2.75, 3.05) is 0 Å². The lowest BCUT2D eigenvalue weighted by atomic mass is 9.79. The van der Waals surface area contributed by atoms with E-state index in [1.165, 1.54) is 10.8 Å². The van der Waals surface area contributed by atoms with Crippen LogP contribution in [0, 0.1) is 0 Å². The molecule has 0 saturated heterocycles. The molecule has 0 radical (unpaired) electrons. The summed E-state index contributed by atoms with van der Waals surface area (Å²) >= 11 is 0. The SMILES string of the molecule is [2H]c1c([2H])c(-c2ccc(-c3nc(-c4ccccc4)nc(-c4cccc5oc6cc(-n7c8ccccc8c8ccccc87)ccc6c45)n3)cc2)c([2H])c(C2CCC2)c1[2H].